The third-order valence-electron chi connectivity index (χ3n) is 7.58. The van der Waals surface area contributed by atoms with Crippen LogP contribution in [0, 0.1) is 24.7 Å². The number of carbonyl (C=O) groups excluding carboxylic acids is 1. The summed E-state index contributed by atoms with van der Waals surface area (Å²) in [7, 11) is 4.79. The van der Waals surface area contributed by atoms with Crippen LogP contribution in [0.4, 0.5) is 11.6 Å². The van der Waals surface area contributed by atoms with Crippen LogP contribution < -0.4 is 15.8 Å². The van der Waals surface area contributed by atoms with Crippen molar-refractivity contribution in [3.8, 4) is 0 Å². The Morgan fingerprint density at radius 1 is 1.24 bits per heavy atom. The highest BCUT2D eigenvalue weighted by atomic mass is 35.5. The lowest BCUT2D eigenvalue weighted by molar-refractivity contribution is -0.171. The maximum absolute atomic E-state index is 13.5. The van der Waals surface area contributed by atoms with Gasteiger partial charge in [0.15, 0.2) is 5.69 Å². The number of amides is 1. The second-order valence-corrected chi connectivity index (χ2v) is 10.4. The minimum Gasteiger partial charge on any atom is -0.476 e. The van der Waals surface area contributed by atoms with Gasteiger partial charge in [0.25, 0.3) is 5.56 Å². The Morgan fingerprint density at radius 2 is 1.92 bits per heavy atom. The summed E-state index contributed by atoms with van der Waals surface area (Å²) in [5.74, 6) is -0.385. The van der Waals surface area contributed by atoms with Gasteiger partial charge < -0.3 is 15.3 Å². The fourth-order valence-corrected chi connectivity index (χ4v) is 5.68. The molecule has 3 aromatic rings. The molecule has 38 heavy (non-hydrogen) atoms. The number of aryl methyl sites for hydroxylation is 1. The van der Waals surface area contributed by atoms with E-state index < -0.39 is 12.0 Å². The number of hydrogen-bond acceptors (Lipinski definition) is 8. The number of aromatic carboxylic acids is 1. The number of hydrogen-bond donors (Lipinski definition) is 2. The molecule has 2 aliphatic rings. The number of fused-ring (bicyclic) bond motifs is 2. The Kier molecular flexibility index (Phi) is 6.52. The summed E-state index contributed by atoms with van der Waals surface area (Å²) in [6.07, 6.45) is 0. The number of carbonyl (C=O) groups is 2. The number of hydroxylamine groups is 2. The van der Waals surface area contributed by atoms with E-state index in [4.69, 9.17) is 21.4 Å². The fourth-order valence-electron chi connectivity index (χ4n) is 5.54. The average Bonchev–Trinajstić information content (AvgIpc) is 3.38. The second-order valence-electron chi connectivity index (χ2n) is 10.0. The first-order chi connectivity index (χ1) is 18.0. The van der Waals surface area contributed by atoms with Crippen LogP contribution in [0.15, 0.2) is 29.1 Å². The molecule has 200 valence electrons. The summed E-state index contributed by atoms with van der Waals surface area (Å²) in [4.78, 5) is 53.7. The summed E-state index contributed by atoms with van der Waals surface area (Å²) < 4.78 is 1.55. The number of pyridine rings is 1. The number of carboxylic acids is 1. The molecule has 1 aliphatic heterocycles. The van der Waals surface area contributed by atoms with Gasteiger partial charge in [-0.2, -0.15) is 0 Å². The lowest BCUT2D eigenvalue weighted by atomic mass is 10.0. The van der Waals surface area contributed by atoms with Gasteiger partial charge in [0.2, 0.25) is 11.9 Å². The number of carboxylic acid groups (broad SMARTS) is 1. The Morgan fingerprint density at radius 3 is 2.55 bits per heavy atom. The number of halogens is 1. The van der Waals surface area contributed by atoms with E-state index in [-0.39, 0.29) is 40.1 Å². The molecule has 0 spiro atoms. The quantitative estimate of drug-likeness (QED) is 0.343. The molecule has 0 radical (unpaired) electrons. The summed E-state index contributed by atoms with van der Waals surface area (Å²) in [6.45, 7) is 5.02. The van der Waals surface area contributed by atoms with Crippen LogP contribution in [0.5, 0.6) is 0 Å². The number of piperidine rings is 1. The zero-order chi connectivity index (χ0) is 27.5. The van der Waals surface area contributed by atoms with Crippen molar-refractivity contribution in [2.24, 2.45) is 24.8 Å². The lowest BCUT2D eigenvalue weighted by Gasteiger charge is -2.25. The molecule has 1 aromatic carbocycles. The maximum atomic E-state index is 13.5. The average molecular weight is 541 g/mol. The molecule has 12 heteroatoms. The van der Waals surface area contributed by atoms with E-state index in [1.165, 1.54) is 18.2 Å². The number of anilines is 2. The molecule has 5 rings (SSSR count). The van der Waals surface area contributed by atoms with Crippen LogP contribution in [-0.4, -0.2) is 63.8 Å². The van der Waals surface area contributed by atoms with Crippen molar-refractivity contribution < 1.29 is 19.5 Å². The van der Waals surface area contributed by atoms with E-state index in [2.05, 4.69) is 15.2 Å². The highest BCUT2D eigenvalue weighted by Gasteiger charge is 2.60. The van der Waals surface area contributed by atoms with Gasteiger partial charge in [-0.25, -0.2) is 19.8 Å². The molecule has 2 N–H and O–H groups in total. The number of nitrogens with one attached hydrogen (secondary N) is 1. The SMILES string of the molecule is CON(C)C(=O)C1[C@H]2CN(c3nc4c([C@@H](C)Nc5ccc(Cl)nc5C(=O)O)cc(C)cc4c(=O)n3C)C[C@@H]12. The fraction of sp³-hybridized carbons (Fsp3) is 0.423. The molecule has 1 saturated carbocycles. The Balaban J connectivity index is 1.49. The van der Waals surface area contributed by atoms with Crippen molar-refractivity contribution in [1.82, 2.24) is 19.6 Å². The Hall–Kier alpha value is -3.70. The summed E-state index contributed by atoms with van der Waals surface area (Å²) in [5.41, 5.74) is 2.12. The molecule has 1 unspecified atom stereocenters. The van der Waals surface area contributed by atoms with Crippen LogP contribution in [0.1, 0.15) is 34.6 Å². The summed E-state index contributed by atoms with van der Waals surface area (Å²) in [5, 5.41) is 14.6. The van der Waals surface area contributed by atoms with Gasteiger partial charge in [-0.3, -0.25) is 19.0 Å². The largest absolute Gasteiger partial charge is 0.476 e. The molecule has 2 fully saturated rings. The van der Waals surface area contributed by atoms with Crippen LogP contribution in [-0.2, 0) is 16.7 Å². The summed E-state index contributed by atoms with van der Waals surface area (Å²) in [6, 6.07) is 6.44. The number of rotatable bonds is 7. The van der Waals surface area contributed by atoms with Crippen molar-refractivity contribution in [3.63, 3.8) is 0 Å². The van der Waals surface area contributed by atoms with Crippen molar-refractivity contribution in [2.45, 2.75) is 19.9 Å². The van der Waals surface area contributed by atoms with E-state index >= 15 is 0 Å². The smallest absolute Gasteiger partial charge is 0.356 e. The predicted molar refractivity (Wildman–Crippen MR) is 142 cm³/mol. The number of nitrogens with zero attached hydrogens (tertiary/aromatic N) is 5. The van der Waals surface area contributed by atoms with Crippen LogP contribution >= 0.6 is 11.6 Å². The van der Waals surface area contributed by atoms with Crippen LogP contribution in [0.2, 0.25) is 5.15 Å². The van der Waals surface area contributed by atoms with Gasteiger partial charge in [0.05, 0.1) is 35.7 Å². The molecule has 3 heterocycles. The monoisotopic (exact) mass is 540 g/mol. The van der Waals surface area contributed by atoms with E-state index in [1.807, 2.05) is 26.0 Å². The van der Waals surface area contributed by atoms with Crippen molar-refractivity contribution in [1.29, 1.82) is 0 Å². The molecule has 11 nitrogen and oxygen atoms in total. The standard InChI is InChI=1S/C26H29ClN6O5/c1-12-8-14(13(2)28-18-6-7-19(27)29-22(18)25(36)37)21-15(9-12)23(34)31(3)26(30-21)33-10-16-17(11-33)20(16)24(35)32(4)38-5/h6-9,13,16-17,20,28H,10-11H2,1-5H3,(H,36,37)/t13-,16-,17+,20?/m1/s1. The zero-order valence-electron chi connectivity index (χ0n) is 21.7. The number of aromatic nitrogens is 3. The highest BCUT2D eigenvalue weighted by molar-refractivity contribution is 6.29. The molecule has 2 aromatic heterocycles. The van der Waals surface area contributed by atoms with Gasteiger partial charge in [0.1, 0.15) is 5.15 Å². The Labute approximate surface area is 223 Å². The highest BCUT2D eigenvalue weighted by Crippen LogP contribution is 2.53. The second kappa shape index (κ2) is 9.55. The van der Waals surface area contributed by atoms with E-state index in [0.717, 1.165) is 11.1 Å². The zero-order valence-corrected chi connectivity index (χ0v) is 22.5. The van der Waals surface area contributed by atoms with E-state index in [1.54, 1.807) is 24.7 Å². The minimum absolute atomic E-state index is 0.0300. The molecule has 0 bridgehead atoms. The van der Waals surface area contributed by atoms with Gasteiger partial charge in [-0.05, 0) is 49.4 Å². The van der Waals surface area contributed by atoms with Gasteiger partial charge in [-0.15, -0.1) is 0 Å². The molecule has 1 saturated heterocycles. The molecule has 1 aliphatic carbocycles. The third kappa shape index (κ3) is 4.35. The first-order valence-corrected chi connectivity index (χ1v) is 12.6. The van der Waals surface area contributed by atoms with Crippen molar-refractivity contribution in [3.05, 3.63) is 56.6 Å². The maximum Gasteiger partial charge on any atom is 0.356 e. The van der Waals surface area contributed by atoms with E-state index in [9.17, 15) is 19.5 Å². The van der Waals surface area contributed by atoms with Crippen LogP contribution in [0.25, 0.3) is 10.9 Å². The van der Waals surface area contributed by atoms with Crippen molar-refractivity contribution in [2.75, 3.05) is 37.5 Å². The van der Waals surface area contributed by atoms with Crippen LogP contribution in [0.3, 0.4) is 0 Å². The van der Waals surface area contributed by atoms with Crippen molar-refractivity contribution >= 4 is 46.0 Å². The van der Waals surface area contributed by atoms with E-state index in [0.29, 0.717) is 35.6 Å². The normalized spacial score (nSPS) is 20.8. The first kappa shape index (κ1) is 25.9. The molecule has 4 atom stereocenters. The number of benzene rings is 1. The molecular formula is C26H29ClN6O5. The Bertz CT molecular complexity index is 1510. The molecule has 1 amide bonds. The summed E-state index contributed by atoms with van der Waals surface area (Å²) >= 11 is 5.91. The minimum atomic E-state index is -1.20. The first-order valence-electron chi connectivity index (χ1n) is 12.3. The predicted octanol–water partition coefficient (Wildman–Crippen LogP) is 2.86. The topological polar surface area (TPSA) is 130 Å². The third-order valence-corrected chi connectivity index (χ3v) is 7.79. The van der Waals surface area contributed by atoms with Gasteiger partial charge >= 0.3 is 5.97 Å². The van der Waals surface area contributed by atoms with Gasteiger partial charge in [0, 0.05) is 32.7 Å². The lowest BCUT2D eigenvalue weighted by Crippen LogP contribution is -2.35. The van der Waals surface area contributed by atoms with Gasteiger partial charge in [-0.1, -0.05) is 17.7 Å². The molecular weight excluding hydrogens is 512 g/mol.